The number of hydrogen-bond acceptors (Lipinski definition) is 3. The average Bonchev–Trinajstić information content (AvgIpc) is 2.47. The van der Waals surface area contributed by atoms with Gasteiger partial charge in [0, 0.05) is 38.0 Å². The topological polar surface area (TPSA) is 45.2 Å². The van der Waals surface area contributed by atoms with E-state index in [-0.39, 0.29) is 5.91 Å². The summed E-state index contributed by atoms with van der Waals surface area (Å²) in [4.78, 5) is 18.6. The highest BCUT2D eigenvalue weighted by Crippen LogP contribution is 2.15. The minimum absolute atomic E-state index is 0.0511. The van der Waals surface area contributed by atoms with Crippen molar-refractivity contribution in [3.8, 4) is 0 Å². The maximum absolute atomic E-state index is 12.3. The standard InChI is InChI=1S/C17H21N3O/c1-12-7-8-13(2)15(10-12)17(21)19-11-14-6-5-9-18-16(14)20(3)4/h5-10H,11H2,1-4H3,(H,19,21). The van der Waals surface area contributed by atoms with Gasteiger partial charge in [-0.2, -0.15) is 0 Å². The molecule has 21 heavy (non-hydrogen) atoms. The van der Waals surface area contributed by atoms with Crippen LogP contribution in [0.25, 0.3) is 0 Å². The van der Waals surface area contributed by atoms with Crippen molar-refractivity contribution < 1.29 is 4.79 Å². The van der Waals surface area contributed by atoms with Crippen LogP contribution in [0.1, 0.15) is 27.0 Å². The van der Waals surface area contributed by atoms with E-state index in [1.807, 2.05) is 63.2 Å². The van der Waals surface area contributed by atoms with Crippen LogP contribution in [0, 0.1) is 13.8 Å². The van der Waals surface area contributed by atoms with Crippen LogP contribution in [0.4, 0.5) is 5.82 Å². The summed E-state index contributed by atoms with van der Waals surface area (Å²) >= 11 is 0. The van der Waals surface area contributed by atoms with Gasteiger partial charge >= 0.3 is 0 Å². The second-order valence-corrected chi connectivity index (χ2v) is 5.38. The van der Waals surface area contributed by atoms with Crippen molar-refractivity contribution in [3.63, 3.8) is 0 Å². The van der Waals surface area contributed by atoms with E-state index in [0.717, 1.165) is 28.1 Å². The van der Waals surface area contributed by atoms with Gasteiger partial charge in [-0.3, -0.25) is 4.79 Å². The Balaban J connectivity index is 2.13. The van der Waals surface area contributed by atoms with Crippen LogP contribution in [-0.4, -0.2) is 25.0 Å². The Morgan fingerprint density at radius 1 is 1.24 bits per heavy atom. The van der Waals surface area contributed by atoms with Crippen LogP contribution in [-0.2, 0) is 6.54 Å². The lowest BCUT2D eigenvalue weighted by Gasteiger charge is -2.16. The Morgan fingerprint density at radius 2 is 2.00 bits per heavy atom. The molecule has 0 fully saturated rings. The third-order valence-electron chi connectivity index (χ3n) is 3.37. The Hall–Kier alpha value is -2.36. The van der Waals surface area contributed by atoms with Crippen molar-refractivity contribution in [2.24, 2.45) is 0 Å². The molecule has 0 saturated carbocycles. The van der Waals surface area contributed by atoms with Gasteiger partial charge in [-0.05, 0) is 31.5 Å². The van der Waals surface area contributed by atoms with Crippen LogP contribution in [0.3, 0.4) is 0 Å². The number of hydrogen-bond donors (Lipinski definition) is 1. The lowest BCUT2D eigenvalue weighted by Crippen LogP contribution is -2.25. The van der Waals surface area contributed by atoms with E-state index >= 15 is 0 Å². The fourth-order valence-corrected chi connectivity index (χ4v) is 2.22. The predicted molar refractivity (Wildman–Crippen MR) is 85.7 cm³/mol. The predicted octanol–water partition coefficient (Wildman–Crippen LogP) is 2.69. The fourth-order valence-electron chi connectivity index (χ4n) is 2.22. The minimum atomic E-state index is -0.0511. The van der Waals surface area contributed by atoms with E-state index in [0.29, 0.717) is 6.54 Å². The number of nitrogens with one attached hydrogen (secondary N) is 1. The molecular formula is C17H21N3O. The smallest absolute Gasteiger partial charge is 0.251 e. The normalized spacial score (nSPS) is 10.3. The first-order valence-electron chi connectivity index (χ1n) is 6.95. The number of carbonyl (C=O) groups excluding carboxylic acids is 1. The minimum Gasteiger partial charge on any atom is -0.362 e. The molecule has 0 atom stereocenters. The average molecular weight is 283 g/mol. The molecule has 0 aliphatic heterocycles. The number of anilines is 1. The largest absolute Gasteiger partial charge is 0.362 e. The Bertz CT molecular complexity index is 650. The maximum atomic E-state index is 12.3. The molecule has 4 nitrogen and oxygen atoms in total. The zero-order valence-electron chi connectivity index (χ0n) is 13.0. The van der Waals surface area contributed by atoms with Crippen molar-refractivity contribution in [1.29, 1.82) is 0 Å². The summed E-state index contributed by atoms with van der Waals surface area (Å²) < 4.78 is 0. The number of aryl methyl sites for hydroxylation is 2. The Labute approximate surface area is 125 Å². The number of pyridine rings is 1. The SMILES string of the molecule is Cc1ccc(C)c(C(=O)NCc2cccnc2N(C)C)c1. The molecule has 0 unspecified atom stereocenters. The molecule has 1 aromatic carbocycles. The van der Waals surface area contributed by atoms with E-state index < -0.39 is 0 Å². The summed E-state index contributed by atoms with van der Waals surface area (Å²) in [7, 11) is 3.89. The molecule has 1 N–H and O–H groups in total. The molecular weight excluding hydrogens is 262 g/mol. The first kappa shape index (κ1) is 15.0. The van der Waals surface area contributed by atoms with E-state index in [2.05, 4.69) is 10.3 Å². The van der Waals surface area contributed by atoms with Gasteiger partial charge in [0.2, 0.25) is 0 Å². The Kier molecular flexibility index (Phi) is 4.58. The summed E-state index contributed by atoms with van der Waals surface area (Å²) in [5.74, 6) is 0.823. The second kappa shape index (κ2) is 6.39. The van der Waals surface area contributed by atoms with Crippen LogP contribution >= 0.6 is 0 Å². The summed E-state index contributed by atoms with van der Waals surface area (Å²) in [6.45, 7) is 4.40. The van der Waals surface area contributed by atoms with Crippen molar-refractivity contribution in [2.75, 3.05) is 19.0 Å². The first-order chi connectivity index (χ1) is 9.99. The van der Waals surface area contributed by atoms with Crippen molar-refractivity contribution >= 4 is 11.7 Å². The molecule has 2 rings (SSSR count). The fraction of sp³-hybridized carbons (Fsp3) is 0.294. The molecule has 2 aromatic rings. The van der Waals surface area contributed by atoms with Gasteiger partial charge in [-0.15, -0.1) is 0 Å². The summed E-state index contributed by atoms with van der Waals surface area (Å²) in [5, 5.41) is 2.97. The highest BCUT2D eigenvalue weighted by molar-refractivity contribution is 5.95. The summed E-state index contributed by atoms with van der Waals surface area (Å²) in [6.07, 6.45) is 1.76. The van der Waals surface area contributed by atoms with E-state index in [1.54, 1.807) is 6.20 Å². The molecule has 1 aromatic heterocycles. The molecule has 0 saturated heterocycles. The number of nitrogens with zero attached hydrogens (tertiary/aromatic N) is 2. The molecule has 1 heterocycles. The van der Waals surface area contributed by atoms with Crippen LogP contribution in [0.2, 0.25) is 0 Å². The summed E-state index contributed by atoms with van der Waals surface area (Å²) in [6, 6.07) is 9.76. The van der Waals surface area contributed by atoms with Gasteiger partial charge in [0.15, 0.2) is 0 Å². The zero-order valence-corrected chi connectivity index (χ0v) is 13.0. The monoisotopic (exact) mass is 283 g/mol. The second-order valence-electron chi connectivity index (χ2n) is 5.38. The quantitative estimate of drug-likeness (QED) is 0.938. The van der Waals surface area contributed by atoms with Gasteiger partial charge in [-0.25, -0.2) is 4.98 Å². The molecule has 0 aliphatic rings. The Morgan fingerprint density at radius 3 is 2.71 bits per heavy atom. The summed E-state index contributed by atoms with van der Waals surface area (Å²) in [5.41, 5.74) is 3.80. The van der Waals surface area contributed by atoms with E-state index in [4.69, 9.17) is 0 Å². The molecule has 0 bridgehead atoms. The molecule has 0 radical (unpaired) electrons. The van der Waals surface area contributed by atoms with Gasteiger partial charge in [0.25, 0.3) is 5.91 Å². The van der Waals surface area contributed by atoms with E-state index in [9.17, 15) is 4.79 Å². The lowest BCUT2D eigenvalue weighted by molar-refractivity contribution is 0.0950. The first-order valence-corrected chi connectivity index (χ1v) is 6.95. The lowest BCUT2D eigenvalue weighted by atomic mass is 10.1. The van der Waals surface area contributed by atoms with Gasteiger partial charge in [0.1, 0.15) is 5.82 Å². The van der Waals surface area contributed by atoms with Crippen LogP contribution in [0.15, 0.2) is 36.5 Å². The number of rotatable bonds is 4. The third kappa shape index (κ3) is 3.60. The number of amides is 1. The molecule has 0 aliphatic carbocycles. The van der Waals surface area contributed by atoms with Gasteiger partial charge < -0.3 is 10.2 Å². The van der Waals surface area contributed by atoms with E-state index in [1.165, 1.54) is 0 Å². The molecule has 110 valence electrons. The van der Waals surface area contributed by atoms with Crippen molar-refractivity contribution in [3.05, 3.63) is 58.8 Å². The van der Waals surface area contributed by atoms with Crippen LogP contribution in [0.5, 0.6) is 0 Å². The van der Waals surface area contributed by atoms with Crippen molar-refractivity contribution in [1.82, 2.24) is 10.3 Å². The third-order valence-corrected chi connectivity index (χ3v) is 3.37. The number of benzene rings is 1. The van der Waals surface area contributed by atoms with Gasteiger partial charge in [-0.1, -0.05) is 23.8 Å². The molecule has 1 amide bonds. The highest BCUT2D eigenvalue weighted by atomic mass is 16.1. The zero-order chi connectivity index (χ0) is 15.4. The highest BCUT2D eigenvalue weighted by Gasteiger charge is 2.11. The molecule has 4 heteroatoms. The number of aromatic nitrogens is 1. The maximum Gasteiger partial charge on any atom is 0.251 e. The molecule has 0 spiro atoms. The van der Waals surface area contributed by atoms with Gasteiger partial charge in [0.05, 0.1) is 0 Å². The number of carbonyl (C=O) groups is 1. The van der Waals surface area contributed by atoms with Crippen LogP contribution < -0.4 is 10.2 Å². The van der Waals surface area contributed by atoms with Crippen molar-refractivity contribution in [2.45, 2.75) is 20.4 Å².